The van der Waals surface area contributed by atoms with E-state index in [1.54, 1.807) is 36.4 Å². The number of nitrogens with zero attached hydrogens (tertiary/aromatic N) is 1. The predicted molar refractivity (Wildman–Crippen MR) is 86.4 cm³/mol. The van der Waals surface area contributed by atoms with Gasteiger partial charge in [-0.1, -0.05) is 24.3 Å². The number of piperidine rings is 1. The van der Waals surface area contributed by atoms with Gasteiger partial charge in [-0.3, -0.25) is 4.79 Å². The maximum Gasteiger partial charge on any atom is 0.254 e. The highest BCUT2D eigenvalue weighted by atomic mass is 19.1. The third-order valence-electron chi connectivity index (χ3n) is 4.40. The van der Waals surface area contributed by atoms with Crippen molar-refractivity contribution in [1.29, 1.82) is 0 Å². The van der Waals surface area contributed by atoms with E-state index < -0.39 is 0 Å². The van der Waals surface area contributed by atoms with E-state index in [9.17, 15) is 9.18 Å². The molecule has 1 aliphatic rings. The monoisotopic (exact) mass is 313 g/mol. The number of benzene rings is 2. The molecule has 1 heterocycles. The number of rotatable bonds is 3. The van der Waals surface area contributed by atoms with Crippen molar-refractivity contribution in [3.05, 3.63) is 71.0 Å². The number of aliphatic hydroxyl groups is 1. The van der Waals surface area contributed by atoms with Crippen LogP contribution >= 0.6 is 0 Å². The van der Waals surface area contributed by atoms with Crippen LogP contribution in [0.4, 0.5) is 4.39 Å². The van der Waals surface area contributed by atoms with E-state index in [1.807, 2.05) is 4.90 Å². The molecule has 2 aromatic rings. The molecular formula is C19H20FNO2. The highest BCUT2D eigenvalue weighted by Crippen LogP contribution is 2.32. The molecule has 0 saturated carbocycles. The van der Waals surface area contributed by atoms with Crippen LogP contribution in [-0.2, 0) is 6.61 Å². The number of halogens is 1. The van der Waals surface area contributed by atoms with E-state index >= 15 is 0 Å². The lowest BCUT2D eigenvalue weighted by Gasteiger charge is -2.36. The van der Waals surface area contributed by atoms with Gasteiger partial charge >= 0.3 is 0 Å². The molecule has 1 unspecified atom stereocenters. The van der Waals surface area contributed by atoms with E-state index in [2.05, 4.69) is 0 Å². The third kappa shape index (κ3) is 3.42. The van der Waals surface area contributed by atoms with Crippen molar-refractivity contribution in [2.24, 2.45) is 0 Å². The minimum Gasteiger partial charge on any atom is -0.392 e. The van der Waals surface area contributed by atoms with Crippen molar-refractivity contribution in [2.75, 3.05) is 6.54 Å². The molecule has 1 amide bonds. The van der Waals surface area contributed by atoms with Gasteiger partial charge in [-0.2, -0.15) is 0 Å². The molecule has 0 aromatic heterocycles. The molecule has 1 N–H and O–H groups in total. The average Bonchev–Trinajstić information content (AvgIpc) is 2.62. The molecule has 1 atom stereocenters. The van der Waals surface area contributed by atoms with E-state index in [-0.39, 0.29) is 24.4 Å². The Labute approximate surface area is 135 Å². The first-order chi connectivity index (χ1) is 11.2. The summed E-state index contributed by atoms with van der Waals surface area (Å²) in [6.07, 6.45) is 2.94. The zero-order chi connectivity index (χ0) is 16.2. The van der Waals surface area contributed by atoms with Gasteiger partial charge in [0.05, 0.1) is 12.6 Å². The molecule has 120 valence electrons. The molecule has 0 aliphatic carbocycles. The van der Waals surface area contributed by atoms with Crippen LogP contribution in [0.5, 0.6) is 0 Å². The Bertz CT molecular complexity index is 667. The van der Waals surface area contributed by atoms with E-state index in [1.165, 1.54) is 12.1 Å². The van der Waals surface area contributed by atoms with Crippen LogP contribution in [0, 0.1) is 5.82 Å². The number of likely N-dealkylation sites (tertiary alicyclic amines) is 1. The van der Waals surface area contributed by atoms with Gasteiger partial charge in [0.1, 0.15) is 5.82 Å². The van der Waals surface area contributed by atoms with Crippen LogP contribution in [0.1, 0.15) is 46.8 Å². The molecule has 1 fully saturated rings. The number of carbonyl (C=O) groups is 1. The summed E-state index contributed by atoms with van der Waals surface area (Å²) in [5.41, 5.74) is 2.39. The maximum absolute atomic E-state index is 13.1. The van der Waals surface area contributed by atoms with Gasteiger partial charge in [0, 0.05) is 12.1 Å². The normalized spacial score (nSPS) is 18.0. The quantitative estimate of drug-likeness (QED) is 0.939. The van der Waals surface area contributed by atoms with Crippen molar-refractivity contribution >= 4 is 5.91 Å². The Kier molecular flexibility index (Phi) is 4.72. The molecule has 2 aromatic carbocycles. The summed E-state index contributed by atoms with van der Waals surface area (Å²) in [7, 11) is 0. The third-order valence-corrected chi connectivity index (χ3v) is 4.40. The number of amides is 1. The van der Waals surface area contributed by atoms with Crippen LogP contribution in [0.2, 0.25) is 0 Å². The minimum atomic E-state index is -0.262. The Morgan fingerprint density at radius 3 is 2.43 bits per heavy atom. The molecule has 0 bridgehead atoms. The molecule has 3 rings (SSSR count). The second-order valence-corrected chi connectivity index (χ2v) is 5.92. The zero-order valence-electron chi connectivity index (χ0n) is 12.9. The number of aliphatic hydroxyl groups excluding tert-OH is 1. The standard InChI is InChI=1S/C19H20FNO2/c20-17-10-8-15(9-11-17)18-3-1-2-12-21(18)19(23)16-6-4-14(13-22)5-7-16/h4-11,18,22H,1-3,12-13H2. The van der Waals surface area contributed by atoms with Gasteiger partial charge in [-0.05, 0) is 54.7 Å². The van der Waals surface area contributed by atoms with E-state index in [4.69, 9.17) is 5.11 Å². The van der Waals surface area contributed by atoms with E-state index in [0.29, 0.717) is 12.1 Å². The van der Waals surface area contributed by atoms with Gasteiger partial charge in [-0.15, -0.1) is 0 Å². The fourth-order valence-corrected chi connectivity index (χ4v) is 3.12. The first-order valence-corrected chi connectivity index (χ1v) is 7.95. The lowest BCUT2D eigenvalue weighted by molar-refractivity contribution is 0.0611. The van der Waals surface area contributed by atoms with Crippen LogP contribution in [0.3, 0.4) is 0 Å². The molecule has 4 heteroatoms. The molecule has 23 heavy (non-hydrogen) atoms. The Morgan fingerprint density at radius 1 is 1.09 bits per heavy atom. The van der Waals surface area contributed by atoms with Crippen molar-refractivity contribution in [2.45, 2.75) is 31.9 Å². The van der Waals surface area contributed by atoms with Crippen molar-refractivity contribution < 1.29 is 14.3 Å². The highest BCUT2D eigenvalue weighted by Gasteiger charge is 2.28. The van der Waals surface area contributed by atoms with Crippen molar-refractivity contribution in [3.8, 4) is 0 Å². The van der Waals surface area contributed by atoms with Gasteiger partial charge in [-0.25, -0.2) is 4.39 Å². The van der Waals surface area contributed by atoms with Gasteiger partial charge in [0.25, 0.3) is 5.91 Å². The largest absolute Gasteiger partial charge is 0.392 e. The first kappa shape index (κ1) is 15.7. The predicted octanol–water partition coefficient (Wildman–Crippen LogP) is 3.69. The Balaban J connectivity index is 1.85. The fourth-order valence-electron chi connectivity index (χ4n) is 3.12. The Hall–Kier alpha value is -2.20. The van der Waals surface area contributed by atoms with Crippen LogP contribution in [-0.4, -0.2) is 22.5 Å². The van der Waals surface area contributed by atoms with Gasteiger partial charge < -0.3 is 10.0 Å². The molecule has 1 aliphatic heterocycles. The maximum atomic E-state index is 13.1. The van der Waals surface area contributed by atoms with Gasteiger partial charge in [0.15, 0.2) is 0 Å². The molecular weight excluding hydrogens is 293 g/mol. The summed E-state index contributed by atoms with van der Waals surface area (Å²) in [5.74, 6) is -0.273. The number of carbonyl (C=O) groups excluding carboxylic acids is 1. The smallest absolute Gasteiger partial charge is 0.254 e. The second-order valence-electron chi connectivity index (χ2n) is 5.92. The molecule has 3 nitrogen and oxygen atoms in total. The Morgan fingerprint density at radius 2 is 1.78 bits per heavy atom. The zero-order valence-corrected chi connectivity index (χ0v) is 12.9. The molecule has 0 spiro atoms. The fraction of sp³-hybridized carbons (Fsp3) is 0.316. The first-order valence-electron chi connectivity index (χ1n) is 7.95. The van der Waals surface area contributed by atoms with Crippen molar-refractivity contribution in [3.63, 3.8) is 0 Å². The van der Waals surface area contributed by atoms with Crippen LogP contribution < -0.4 is 0 Å². The SMILES string of the molecule is O=C(c1ccc(CO)cc1)N1CCCCC1c1ccc(F)cc1. The summed E-state index contributed by atoms with van der Waals surface area (Å²) < 4.78 is 13.1. The van der Waals surface area contributed by atoms with Crippen molar-refractivity contribution in [1.82, 2.24) is 4.90 Å². The summed E-state index contributed by atoms with van der Waals surface area (Å²) in [4.78, 5) is 14.7. The van der Waals surface area contributed by atoms with Crippen LogP contribution in [0.15, 0.2) is 48.5 Å². The number of hydrogen-bond acceptors (Lipinski definition) is 2. The topological polar surface area (TPSA) is 40.5 Å². The molecule has 1 saturated heterocycles. The highest BCUT2D eigenvalue weighted by molar-refractivity contribution is 5.94. The van der Waals surface area contributed by atoms with Gasteiger partial charge in [0.2, 0.25) is 0 Å². The van der Waals surface area contributed by atoms with E-state index in [0.717, 1.165) is 30.4 Å². The molecule has 0 radical (unpaired) electrons. The summed E-state index contributed by atoms with van der Waals surface area (Å²) in [6, 6.07) is 13.5. The van der Waals surface area contributed by atoms with Crippen LogP contribution in [0.25, 0.3) is 0 Å². The summed E-state index contributed by atoms with van der Waals surface area (Å²) in [5, 5.41) is 9.10. The number of hydrogen-bond donors (Lipinski definition) is 1. The summed E-state index contributed by atoms with van der Waals surface area (Å²) in [6.45, 7) is 0.680. The summed E-state index contributed by atoms with van der Waals surface area (Å²) >= 11 is 0. The average molecular weight is 313 g/mol. The lowest BCUT2D eigenvalue weighted by atomic mass is 9.94. The minimum absolute atomic E-state index is 0.00521. The lowest BCUT2D eigenvalue weighted by Crippen LogP contribution is -2.38. The second kappa shape index (κ2) is 6.92.